The summed E-state index contributed by atoms with van der Waals surface area (Å²) in [4.78, 5) is 10.6. The average Bonchev–Trinajstić information content (AvgIpc) is 2.10. The van der Waals surface area contributed by atoms with E-state index in [0.717, 1.165) is 8.66 Å². The molecule has 0 fully saturated rings. The zero-order valence-electron chi connectivity index (χ0n) is 5.13. The van der Waals surface area contributed by atoms with Crippen molar-refractivity contribution in [3.63, 3.8) is 0 Å². The zero-order valence-corrected chi connectivity index (χ0v) is 7.53. The number of aryl methyl sites for hydroxylation is 1. The van der Waals surface area contributed by atoms with Gasteiger partial charge >= 0.3 is 0 Å². The van der Waals surface area contributed by atoms with E-state index in [0.29, 0.717) is 0 Å². The molecule has 0 spiro atoms. The maximum absolute atomic E-state index is 10.2. The van der Waals surface area contributed by atoms with Crippen LogP contribution in [0.1, 0.15) is 4.88 Å². The molecule has 1 rings (SSSR count). The van der Waals surface area contributed by atoms with Crippen LogP contribution in [0.4, 0.5) is 5.69 Å². The van der Waals surface area contributed by atoms with Crippen LogP contribution in [-0.2, 0) is 0 Å². The van der Waals surface area contributed by atoms with Gasteiger partial charge < -0.3 is 0 Å². The highest BCUT2D eigenvalue weighted by Gasteiger charge is 2.12. The molecule has 1 heterocycles. The first kappa shape index (κ1) is 7.68. The zero-order chi connectivity index (χ0) is 7.72. The molecule has 0 bridgehead atoms. The Morgan fingerprint density at radius 3 is 2.60 bits per heavy atom. The van der Waals surface area contributed by atoms with Gasteiger partial charge in [0.25, 0.3) is 5.69 Å². The summed E-state index contributed by atoms with van der Waals surface area (Å²) in [5, 5.41) is 10.2. The van der Waals surface area contributed by atoms with Gasteiger partial charge in [-0.05, 0) is 22.9 Å². The molecular formula is C5H4BrNO2S. The lowest BCUT2D eigenvalue weighted by Crippen LogP contribution is -1.85. The molecule has 0 aliphatic rings. The van der Waals surface area contributed by atoms with E-state index in [1.165, 1.54) is 17.4 Å². The van der Waals surface area contributed by atoms with Gasteiger partial charge in [-0.15, -0.1) is 11.3 Å². The molecule has 0 amide bonds. The first-order valence-electron chi connectivity index (χ1n) is 2.51. The van der Waals surface area contributed by atoms with Gasteiger partial charge in [-0.2, -0.15) is 0 Å². The van der Waals surface area contributed by atoms with Gasteiger partial charge in [0.1, 0.15) is 0 Å². The Morgan fingerprint density at radius 1 is 1.80 bits per heavy atom. The number of hydrogen-bond acceptors (Lipinski definition) is 3. The van der Waals surface area contributed by atoms with Crippen molar-refractivity contribution in [1.29, 1.82) is 0 Å². The highest BCUT2D eigenvalue weighted by molar-refractivity contribution is 9.11. The molecule has 10 heavy (non-hydrogen) atoms. The van der Waals surface area contributed by atoms with E-state index < -0.39 is 0 Å². The Labute approximate surface area is 70.0 Å². The molecule has 0 unspecified atom stereocenters. The van der Waals surface area contributed by atoms with Crippen molar-refractivity contribution < 1.29 is 4.92 Å². The standard InChI is InChI=1S/C5H4BrNO2S/c1-3-4(7(8)9)2-5(6)10-3/h2H,1H3. The van der Waals surface area contributed by atoms with Crippen LogP contribution in [0, 0.1) is 17.0 Å². The van der Waals surface area contributed by atoms with Gasteiger partial charge in [-0.3, -0.25) is 10.1 Å². The molecule has 0 aliphatic carbocycles. The summed E-state index contributed by atoms with van der Waals surface area (Å²) in [6.07, 6.45) is 0. The molecule has 1 aromatic heterocycles. The molecule has 0 aromatic carbocycles. The minimum atomic E-state index is -0.378. The summed E-state index contributed by atoms with van der Waals surface area (Å²) in [6, 6.07) is 1.51. The Hall–Kier alpha value is -0.420. The number of halogens is 1. The molecule has 0 N–H and O–H groups in total. The van der Waals surface area contributed by atoms with Crippen LogP contribution in [0.25, 0.3) is 0 Å². The molecule has 0 atom stereocenters. The van der Waals surface area contributed by atoms with E-state index in [1.807, 2.05) is 0 Å². The third kappa shape index (κ3) is 1.35. The third-order valence-corrected chi connectivity index (χ3v) is 2.60. The Morgan fingerprint density at radius 2 is 2.40 bits per heavy atom. The predicted octanol–water partition coefficient (Wildman–Crippen LogP) is 2.73. The summed E-state index contributed by atoms with van der Waals surface area (Å²) >= 11 is 4.54. The number of thiophene rings is 1. The molecule has 5 heteroatoms. The van der Waals surface area contributed by atoms with Gasteiger partial charge in [-0.25, -0.2) is 0 Å². The normalized spacial score (nSPS) is 9.80. The number of nitro groups is 1. The molecule has 54 valence electrons. The van der Waals surface area contributed by atoms with Crippen LogP contribution in [0.15, 0.2) is 9.85 Å². The SMILES string of the molecule is Cc1sc(Br)cc1[N+](=O)[O-]. The number of rotatable bonds is 1. The maximum Gasteiger partial charge on any atom is 0.284 e. The molecule has 0 saturated carbocycles. The second kappa shape index (κ2) is 2.67. The summed E-state index contributed by atoms with van der Waals surface area (Å²) in [7, 11) is 0. The number of hydrogen-bond donors (Lipinski definition) is 0. The second-order valence-electron chi connectivity index (χ2n) is 1.75. The lowest BCUT2D eigenvalue weighted by Gasteiger charge is -1.83. The van der Waals surface area contributed by atoms with Crippen molar-refractivity contribution in [1.82, 2.24) is 0 Å². The molecule has 0 saturated heterocycles. The van der Waals surface area contributed by atoms with Crippen LogP contribution in [-0.4, -0.2) is 4.92 Å². The fourth-order valence-corrected chi connectivity index (χ4v) is 2.26. The van der Waals surface area contributed by atoms with Crippen molar-refractivity contribution in [2.75, 3.05) is 0 Å². The maximum atomic E-state index is 10.2. The number of nitrogens with zero attached hydrogens (tertiary/aromatic N) is 1. The first-order valence-corrected chi connectivity index (χ1v) is 4.12. The summed E-state index contributed by atoms with van der Waals surface area (Å²) in [6.45, 7) is 1.73. The summed E-state index contributed by atoms with van der Waals surface area (Å²) < 4.78 is 0.803. The lowest BCUT2D eigenvalue weighted by molar-refractivity contribution is -0.385. The van der Waals surface area contributed by atoms with Crippen LogP contribution >= 0.6 is 27.3 Å². The monoisotopic (exact) mass is 221 g/mol. The van der Waals surface area contributed by atoms with E-state index in [-0.39, 0.29) is 10.6 Å². The van der Waals surface area contributed by atoms with Gasteiger partial charge in [0, 0.05) is 6.07 Å². The van der Waals surface area contributed by atoms with E-state index in [9.17, 15) is 10.1 Å². The van der Waals surface area contributed by atoms with Crippen LogP contribution in [0.5, 0.6) is 0 Å². The largest absolute Gasteiger partial charge is 0.284 e. The van der Waals surface area contributed by atoms with Crippen molar-refractivity contribution in [3.8, 4) is 0 Å². The quantitative estimate of drug-likeness (QED) is 0.541. The van der Waals surface area contributed by atoms with E-state index in [2.05, 4.69) is 15.9 Å². The van der Waals surface area contributed by atoms with Crippen LogP contribution in [0.2, 0.25) is 0 Å². The first-order chi connectivity index (χ1) is 4.61. The average molecular weight is 222 g/mol. The van der Waals surface area contributed by atoms with Crippen LogP contribution < -0.4 is 0 Å². The van der Waals surface area contributed by atoms with Crippen molar-refractivity contribution in [2.24, 2.45) is 0 Å². The van der Waals surface area contributed by atoms with Gasteiger partial charge in [0.2, 0.25) is 0 Å². The Balaban J connectivity index is 3.15. The van der Waals surface area contributed by atoms with Crippen molar-refractivity contribution >= 4 is 33.0 Å². The van der Waals surface area contributed by atoms with Gasteiger partial charge in [-0.1, -0.05) is 0 Å². The molecule has 3 nitrogen and oxygen atoms in total. The van der Waals surface area contributed by atoms with E-state index >= 15 is 0 Å². The lowest BCUT2D eigenvalue weighted by atomic mass is 10.4. The van der Waals surface area contributed by atoms with Crippen molar-refractivity contribution in [2.45, 2.75) is 6.92 Å². The highest BCUT2D eigenvalue weighted by Crippen LogP contribution is 2.31. The molecule has 0 radical (unpaired) electrons. The van der Waals surface area contributed by atoms with Crippen LogP contribution in [0.3, 0.4) is 0 Å². The highest BCUT2D eigenvalue weighted by atomic mass is 79.9. The summed E-state index contributed by atoms with van der Waals surface area (Å²) in [5.74, 6) is 0. The Kier molecular flexibility index (Phi) is 2.05. The van der Waals surface area contributed by atoms with Crippen molar-refractivity contribution in [3.05, 3.63) is 24.8 Å². The molecular weight excluding hydrogens is 218 g/mol. The molecule has 1 aromatic rings. The fourth-order valence-electron chi connectivity index (χ4n) is 0.618. The second-order valence-corrected chi connectivity index (χ2v) is 4.38. The topological polar surface area (TPSA) is 43.1 Å². The fraction of sp³-hybridized carbons (Fsp3) is 0.200. The van der Waals surface area contributed by atoms with Gasteiger partial charge in [0.15, 0.2) is 0 Å². The smallest absolute Gasteiger partial charge is 0.258 e. The Bertz CT molecular complexity index is 271. The van der Waals surface area contributed by atoms with E-state index in [1.54, 1.807) is 6.92 Å². The molecule has 0 aliphatic heterocycles. The third-order valence-electron chi connectivity index (χ3n) is 1.06. The summed E-state index contributed by atoms with van der Waals surface area (Å²) in [5.41, 5.74) is 0.192. The van der Waals surface area contributed by atoms with E-state index in [4.69, 9.17) is 0 Å². The predicted molar refractivity (Wildman–Crippen MR) is 43.4 cm³/mol. The van der Waals surface area contributed by atoms with Gasteiger partial charge in [0.05, 0.1) is 13.6 Å². The minimum absolute atomic E-state index is 0.192. The minimum Gasteiger partial charge on any atom is -0.258 e.